The summed E-state index contributed by atoms with van der Waals surface area (Å²) in [6, 6.07) is 3.27. The Labute approximate surface area is 105 Å². The zero-order valence-corrected chi connectivity index (χ0v) is 10.6. The monoisotopic (exact) mass is 256 g/mol. The Bertz CT molecular complexity index is 431. The molecule has 1 atom stereocenters. The summed E-state index contributed by atoms with van der Waals surface area (Å²) in [4.78, 5) is 11.9. The van der Waals surface area contributed by atoms with E-state index in [9.17, 15) is 13.6 Å². The van der Waals surface area contributed by atoms with Gasteiger partial charge in [0.1, 0.15) is 11.6 Å². The molecule has 0 heterocycles. The largest absolute Gasteiger partial charge is 0.351 e. The van der Waals surface area contributed by atoms with Gasteiger partial charge in [0.05, 0.1) is 5.41 Å². The highest BCUT2D eigenvalue weighted by molar-refractivity contribution is 5.82. The quantitative estimate of drug-likeness (QED) is 0.846. The van der Waals surface area contributed by atoms with Crippen molar-refractivity contribution in [3.05, 3.63) is 35.4 Å². The maximum Gasteiger partial charge on any atom is 0.227 e. The summed E-state index contributed by atoms with van der Waals surface area (Å²) in [5, 5.41) is 2.62. The second-order valence-corrected chi connectivity index (χ2v) is 4.54. The van der Waals surface area contributed by atoms with Crippen LogP contribution in [-0.2, 0) is 11.3 Å². The van der Waals surface area contributed by atoms with Gasteiger partial charge in [-0.15, -0.1) is 0 Å². The number of halogens is 2. The molecule has 0 radical (unpaired) electrons. The standard InChI is InChI=1S/C13H18F2N2O/c1-3-13(2,8-16)12(18)17-7-9-4-5-10(14)6-11(9)15/h4-6H,3,7-8,16H2,1-2H3,(H,17,18). The average Bonchev–Trinajstić information content (AvgIpc) is 2.36. The van der Waals surface area contributed by atoms with Crippen molar-refractivity contribution in [2.45, 2.75) is 26.8 Å². The van der Waals surface area contributed by atoms with E-state index in [1.807, 2.05) is 6.92 Å². The Morgan fingerprint density at radius 1 is 1.44 bits per heavy atom. The van der Waals surface area contributed by atoms with Gasteiger partial charge in [0.15, 0.2) is 0 Å². The normalized spacial score (nSPS) is 14.1. The molecule has 0 aromatic heterocycles. The van der Waals surface area contributed by atoms with Gasteiger partial charge in [0.2, 0.25) is 5.91 Å². The molecule has 1 aromatic carbocycles. The van der Waals surface area contributed by atoms with Crippen LogP contribution >= 0.6 is 0 Å². The third kappa shape index (κ3) is 3.26. The molecule has 0 aliphatic heterocycles. The highest BCUT2D eigenvalue weighted by atomic mass is 19.1. The second-order valence-electron chi connectivity index (χ2n) is 4.54. The van der Waals surface area contributed by atoms with Crippen LogP contribution < -0.4 is 11.1 Å². The molecule has 5 heteroatoms. The van der Waals surface area contributed by atoms with Gasteiger partial charge in [-0.1, -0.05) is 13.0 Å². The van der Waals surface area contributed by atoms with E-state index in [2.05, 4.69) is 5.32 Å². The zero-order valence-electron chi connectivity index (χ0n) is 10.6. The number of benzene rings is 1. The smallest absolute Gasteiger partial charge is 0.227 e. The van der Waals surface area contributed by atoms with Crippen molar-refractivity contribution in [2.75, 3.05) is 6.54 Å². The summed E-state index contributed by atoms with van der Waals surface area (Å²) in [6.45, 7) is 3.87. The van der Waals surface area contributed by atoms with Gasteiger partial charge in [0.25, 0.3) is 0 Å². The molecule has 18 heavy (non-hydrogen) atoms. The fourth-order valence-corrected chi connectivity index (χ4v) is 1.45. The van der Waals surface area contributed by atoms with Crippen LogP contribution in [-0.4, -0.2) is 12.5 Å². The first-order valence-corrected chi connectivity index (χ1v) is 5.85. The van der Waals surface area contributed by atoms with E-state index in [0.717, 1.165) is 12.1 Å². The highest BCUT2D eigenvalue weighted by Gasteiger charge is 2.29. The second kappa shape index (κ2) is 5.91. The maximum atomic E-state index is 13.3. The Morgan fingerprint density at radius 2 is 2.11 bits per heavy atom. The summed E-state index contributed by atoms with van der Waals surface area (Å²) in [6.07, 6.45) is 0.598. The van der Waals surface area contributed by atoms with E-state index in [1.54, 1.807) is 6.92 Å². The lowest BCUT2D eigenvalue weighted by Crippen LogP contribution is -2.43. The molecule has 0 fully saturated rings. The van der Waals surface area contributed by atoms with Gasteiger partial charge in [-0.05, 0) is 19.4 Å². The number of nitrogens with two attached hydrogens (primary N) is 1. The predicted octanol–water partition coefficient (Wildman–Crippen LogP) is 1.96. The van der Waals surface area contributed by atoms with Crippen molar-refractivity contribution < 1.29 is 13.6 Å². The average molecular weight is 256 g/mol. The Balaban J connectivity index is 2.68. The van der Waals surface area contributed by atoms with E-state index in [4.69, 9.17) is 5.73 Å². The minimum atomic E-state index is -0.666. The lowest BCUT2D eigenvalue weighted by molar-refractivity contribution is -0.130. The number of amides is 1. The third-order valence-corrected chi connectivity index (χ3v) is 3.23. The van der Waals surface area contributed by atoms with Crippen LogP contribution in [0.5, 0.6) is 0 Å². The molecule has 1 amide bonds. The molecule has 0 saturated carbocycles. The summed E-state index contributed by atoms with van der Waals surface area (Å²) in [5.41, 5.74) is 5.15. The van der Waals surface area contributed by atoms with Gasteiger partial charge in [0, 0.05) is 24.7 Å². The molecule has 0 spiro atoms. The molecule has 3 nitrogen and oxygen atoms in total. The molecule has 0 saturated heterocycles. The summed E-state index contributed by atoms with van der Waals surface area (Å²) in [7, 11) is 0. The van der Waals surface area contributed by atoms with E-state index in [1.165, 1.54) is 6.07 Å². The van der Waals surface area contributed by atoms with Gasteiger partial charge in [-0.25, -0.2) is 8.78 Å². The van der Waals surface area contributed by atoms with Gasteiger partial charge in [-0.2, -0.15) is 0 Å². The van der Waals surface area contributed by atoms with Gasteiger partial charge in [-0.3, -0.25) is 4.79 Å². The number of nitrogens with one attached hydrogen (secondary N) is 1. The first kappa shape index (κ1) is 14.6. The van der Waals surface area contributed by atoms with Gasteiger partial charge < -0.3 is 11.1 Å². The number of hydrogen-bond acceptors (Lipinski definition) is 2. The topological polar surface area (TPSA) is 55.1 Å². The molecule has 1 rings (SSSR count). The van der Waals surface area contributed by atoms with Crippen molar-refractivity contribution in [3.8, 4) is 0 Å². The van der Waals surface area contributed by atoms with Crippen LogP contribution in [0, 0.1) is 17.0 Å². The lowest BCUT2D eigenvalue weighted by Gasteiger charge is -2.25. The van der Waals surface area contributed by atoms with Gasteiger partial charge >= 0.3 is 0 Å². The van der Waals surface area contributed by atoms with Crippen molar-refractivity contribution in [1.29, 1.82) is 0 Å². The van der Waals surface area contributed by atoms with Crippen LogP contribution in [0.3, 0.4) is 0 Å². The Morgan fingerprint density at radius 3 is 2.61 bits per heavy atom. The SMILES string of the molecule is CCC(C)(CN)C(=O)NCc1ccc(F)cc1F. The highest BCUT2D eigenvalue weighted by Crippen LogP contribution is 2.19. The fraction of sp³-hybridized carbons (Fsp3) is 0.462. The molecular weight excluding hydrogens is 238 g/mol. The number of rotatable bonds is 5. The maximum absolute atomic E-state index is 13.3. The molecule has 3 N–H and O–H groups in total. The molecule has 0 aliphatic carbocycles. The minimum absolute atomic E-state index is 0.0283. The fourth-order valence-electron chi connectivity index (χ4n) is 1.45. The van der Waals surface area contributed by atoms with Crippen LogP contribution in [0.25, 0.3) is 0 Å². The van der Waals surface area contributed by atoms with Crippen molar-refractivity contribution >= 4 is 5.91 Å². The molecular formula is C13H18F2N2O. The van der Waals surface area contributed by atoms with Crippen molar-refractivity contribution in [1.82, 2.24) is 5.32 Å². The summed E-state index contributed by atoms with van der Waals surface area (Å²) < 4.78 is 26.0. The molecule has 0 aliphatic rings. The Hall–Kier alpha value is -1.49. The number of carbonyl (C=O) groups is 1. The van der Waals surface area contributed by atoms with Crippen molar-refractivity contribution in [3.63, 3.8) is 0 Å². The third-order valence-electron chi connectivity index (χ3n) is 3.23. The molecule has 100 valence electrons. The first-order chi connectivity index (χ1) is 8.42. The minimum Gasteiger partial charge on any atom is -0.351 e. The van der Waals surface area contributed by atoms with Crippen LogP contribution in [0.1, 0.15) is 25.8 Å². The van der Waals surface area contributed by atoms with E-state index < -0.39 is 17.0 Å². The number of carbonyl (C=O) groups excluding carboxylic acids is 1. The van der Waals surface area contributed by atoms with Crippen LogP contribution in [0.4, 0.5) is 8.78 Å². The molecule has 1 aromatic rings. The summed E-state index contributed by atoms with van der Waals surface area (Å²) in [5.74, 6) is -1.53. The summed E-state index contributed by atoms with van der Waals surface area (Å²) >= 11 is 0. The zero-order chi connectivity index (χ0) is 13.8. The molecule has 1 unspecified atom stereocenters. The molecule has 0 bridgehead atoms. The first-order valence-electron chi connectivity index (χ1n) is 5.85. The van der Waals surface area contributed by atoms with Crippen molar-refractivity contribution in [2.24, 2.45) is 11.1 Å². The van der Waals surface area contributed by atoms with E-state index in [-0.39, 0.29) is 24.6 Å². The van der Waals surface area contributed by atoms with E-state index >= 15 is 0 Å². The number of hydrogen-bond donors (Lipinski definition) is 2. The van der Waals surface area contributed by atoms with Crippen LogP contribution in [0.2, 0.25) is 0 Å². The lowest BCUT2D eigenvalue weighted by atomic mass is 9.86. The Kier molecular flexibility index (Phi) is 4.78. The predicted molar refractivity (Wildman–Crippen MR) is 65.7 cm³/mol. The van der Waals surface area contributed by atoms with Crippen LogP contribution in [0.15, 0.2) is 18.2 Å². The van der Waals surface area contributed by atoms with E-state index in [0.29, 0.717) is 6.42 Å².